The van der Waals surface area contributed by atoms with Gasteiger partial charge in [0, 0.05) is 31.4 Å². The van der Waals surface area contributed by atoms with Crippen molar-refractivity contribution in [3.8, 4) is 0 Å². The summed E-state index contributed by atoms with van der Waals surface area (Å²) in [5.41, 5.74) is 1.08. The molecule has 0 aliphatic rings. The maximum absolute atomic E-state index is 5.15. The van der Waals surface area contributed by atoms with Gasteiger partial charge in [-0.1, -0.05) is 19.9 Å². The topological polar surface area (TPSA) is 37.0 Å². The molecular formula is C12H19N3S. The molecule has 0 amide bonds. The Morgan fingerprint density at radius 1 is 1.38 bits per heavy atom. The molecule has 0 saturated heterocycles. The van der Waals surface area contributed by atoms with Crippen LogP contribution in [0.4, 0.5) is 0 Å². The van der Waals surface area contributed by atoms with E-state index in [1.165, 1.54) is 0 Å². The van der Waals surface area contributed by atoms with Crippen LogP contribution in [0.3, 0.4) is 0 Å². The van der Waals surface area contributed by atoms with Crippen molar-refractivity contribution in [2.24, 2.45) is 5.92 Å². The Morgan fingerprint density at radius 2 is 2.19 bits per heavy atom. The average Bonchev–Trinajstić information content (AvgIpc) is 2.28. The summed E-state index contributed by atoms with van der Waals surface area (Å²) < 4.78 is 0. The number of hydrogen-bond donors (Lipinski definition) is 2. The highest BCUT2D eigenvalue weighted by molar-refractivity contribution is 7.80. The maximum Gasteiger partial charge on any atom is 0.166 e. The minimum absolute atomic E-state index is 0.607. The van der Waals surface area contributed by atoms with Crippen LogP contribution in [0.5, 0.6) is 0 Å². The van der Waals surface area contributed by atoms with Crippen molar-refractivity contribution >= 4 is 17.3 Å². The minimum Gasteiger partial charge on any atom is -0.362 e. The van der Waals surface area contributed by atoms with E-state index >= 15 is 0 Å². The molecule has 0 bridgehead atoms. The van der Waals surface area contributed by atoms with Crippen LogP contribution in [-0.4, -0.2) is 23.2 Å². The van der Waals surface area contributed by atoms with E-state index in [1.807, 2.05) is 24.4 Å². The third-order valence-corrected chi connectivity index (χ3v) is 2.35. The predicted octanol–water partition coefficient (Wildman–Crippen LogP) is 1.74. The second-order valence-corrected chi connectivity index (χ2v) is 4.51. The van der Waals surface area contributed by atoms with Crippen LogP contribution in [0.15, 0.2) is 24.4 Å². The molecule has 0 aromatic carbocycles. The first-order chi connectivity index (χ1) is 7.68. The summed E-state index contributed by atoms with van der Waals surface area (Å²) in [7, 11) is 0. The summed E-state index contributed by atoms with van der Waals surface area (Å²) in [6, 6.07) is 5.94. The summed E-state index contributed by atoms with van der Waals surface area (Å²) in [4.78, 5) is 4.25. The van der Waals surface area contributed by atoms with E-state index in [2.05, 4.69) is 29.5 Å². The van der Waals surface area contributed by atoms with E-state index in [-0.39, 0.29) is 0 Å². The van der Waals surface area contributed by atoms with E-state index in [1.54, 1.807) is 0 Å². The van der Waals surface area contributed by atoms with Crippen molar-refractivity contribution < 1.29 is 0 Å². The molecule has 0 spiro atoms. The fraction of sp³-hybridized carbons (Fsp3) is 0.500. The van der Waals surface area contributed by atoms with Gasteiger partial charge in [0.1, 0.15) is 0 Å². The Hall–Kier alpha value is -1.16. The van der Waals surface area contributed by atoms with Gasteiger partial charge in [-0.05, 0) is 30.3 Å². The van der Waals surface area contributed by atoms with Gasteiger partial charge < -0.3 is 10.6 Å². The molecular weight excluding hydrogens is 218 g/mol. The molecule has 0 atom stereocenters. The predicted molar refractivity (Wildman–Crippen MR) is 71.4 cm³/mol. The summed E-state index contributed by atoms with van der Waals surface area (Å²) in [5.74, 6) is 0.607. The molecule has 0 aliphatic carbocycles. The number of rotatable bonds is 5. The first-order valence-corrected chi connectivity index (χ1v) is 6.01. The average molecular weight is 237 g/mol. The quantitative estimate of drug-likeness (QED) is 0.765. The number of nitrogens with one attached hydrogen (secondary N) is 2. The molecule has 0 radical (unpaired) electrons. The molecule has 1 heterocycles. The zero-order chi connectivity index (χ0) is 11.8. The molecule has 0 fully saturated rings. The Balaban J connectivity index is 2.13. The third kappa shape index (κ3) is 5.66. The van der Waals surface area contributed by atoms with Gasteiger partial charge in [0.05, 0.1) is 0 Å². The van der Waals surface area contributed by atoms with Crippen LogP contribution in [0.1, 0.15) is 19.5 Å². The monoisotopic (exact) mass is 237 g/mol. The van der Waals surface area contributed by atoms with Gasteiger partial charge in [-0.3, -0.25) is 4.98 Å². The summed E-state index contributed by atoms with van der Waals surface area (Å²) in [6.45, 7) is 6.05. The number of pyridine rings is 1. The summed E-state index contributed by atoms with van der Waals surface area (Å²) in [6.07, 6.45) is 2.70. The lowest BCUT2D eigenvalue weighted by molar-refractivity contribution is 0.619. The molecule has 3 nitrogen and oxygen atoms in total. The first-order valence-electron chi connectivity index (χ1n) is 5.60. The Morgan fingerprint density at radius 3 is 2.81 bits per heavy atom. The maximum atomic E-state index is 5.15. The zero-order valence-corrected chi connectivity index (χ0v) is 10.7. The van der Waals surface area contributed by atoms with Crippen molar-refractivity contribution in [3.63, 3.8) is 0 Å². The van der Waals surface area contributed by atoms with Crippen molar-refractivity contribution in [1.29, 1.82) is 0 Å². The van der Waals surface area contributed by atoms with Crippen LogP contribution >= 0.6 is 12.2 Å². The fourth-order valence-corrected chi connectivity index (χ4v) is 1.39. The largest absolute Gasteiger partial charge is 0.362 e. The van der Waals surface area contributed by atoms with Gasteiger partial charge in [0.2, 0.25) is 0 Å². The lowest BCUT2D eigenvalue weighted by Crippen LogP contribution is -2.38. The number of aromatic nitrogens is 1. The first kappa shape index (κ1) is 12.9. The van der Waals surface area contributed by atoms with Gasteiger partial charge in [-0.2, -0.15) is 0 Å². The third-order valence-electron chi connectivity index (χ3n) is 2.06. The molecule has 1 rings (SSSR count). The highest BCUT2D eigenvalue weighted by Gasteiger charge is 1.97. The normalized spacial score (nSPS) is 10.2. The Bertz CT molecular complexity index is 311. The van der Waals surface area contributed by atoms with E-state index in [0.717, 1.165) is 30.3 Å². The molecule has 1 aromatic rings. The standard InChI is InChI=1S/C12H19N3S/c1-10(2)9-15-12(16)14-8-6-11-5-3-4-7-13-11/h3-5,7,10H,6,8-9H2,1-2H3,(H2,14,15,16). The highest BCUT2D eigenvalue weighted by atomic mass is 32.1. The van der Waals surface area contributed by atoms with Gasteiger partial charge in [0.15, 0.2) is 5.11 Å². The second kappa shape index (κ2) is 7.17. The van der Waals surface area contributed by atoms with Gasteiger partial charge in [-0.15, -0.1) is 0 Å². The summed E-state index contributed by atoms with van der Waals surface area (Å²) in [5, 5.41) is 7.06. The van der Waals surface area contributed by atoms with E-state index in [4.69, 9.17) is 12.2 Å². The summed E-state index contributed by atoms with van der Waals surface area (Å²) >= 11 is 5.15. The lowest BCUT2D eigenvalue weighted by Gasteiger charge is -2.11. The number of hydrogen-bond acceptors (Lipinski definition) is 2. The molecule has 0 unspecified atom stereocenters. The smallest absolute Gasteiger partial charge is 0.166 e. The van der Waals surface area contributed by atoms with E-state index in [0.29, 0.717) is 5.92 Å². The number of nitrogens with zero attached hydrogens (tertiary/aromatic N) is 1. The second-order valence-electron chi connectivity index (χ2n) is 4.10. The minimum atomic E-state index is 0.607. The number of thiocarbonyl (C=S) groups is 1. The van der Waals surface area contributed by atoms with Crippen molar-refractivity contribution in [3.05, 3.63) is 30.1 Å². The van der Waals surface area contributed by atoms with Gasteiger partial charge in [0.25, 0.3) is 0 Å². The van der Waals surface area contributed by atoms with E-state index in [9.17, 15) is 0 Å². The van der Waals surface area contributed by atoms with Crippen molar-refractivity contribution in [2.75, 3.05) is 13.1 Å². The zero-order valence-electron chi connectivity index (χ0n) is 9.86. The molecule has 0 saturated carbocycles. The Labute approximate surface area is 103 Å². The molecule has 0 aliphatic heterocycles. The van der Waals surface area contributed by atoms with Gasteiger partial charge >= 0.3 is 0 Å². The van der Waals surface area contributed by atoms with Crippen LogP contribution in [0, 0.1) is 5.92 Å². The molecule has 16 heavy (non-hydrogen) atoms. The van der Waals surface area contributed by atoms with E-state index < -0.39 is 0 Å². The van der Waals surface area contributed by atoms with Crippen molar-refractivity contribution in [1.82, 2.24) is 15.6 Å². The van der Waals surface area contributed by atoms with Crippen LogP contribution < -0.4 is 10.6 Å². The molecule has 88 valence electrons. The van der Waals surface area contributed by atoms with Crippen LogP contribution in [-0.2, 0) is 6.42 Å². The van der Waals surface area contributed by atoms with Crippen LogP contribution in [0.25, 0.3) is 0 Å². The van der Waals surface area contributed by atoms with Crippen LogP contribution in [0.2, 0.25) is 0 Å². The van der Waals surface area contributed by atoms with Gasteiger partial charge in [-0.25, -0.2) is 0 Å². The molecule has 4 heteroatoms. The Kier molecular flexibility index (Phi) is 5.78. The molecule has 1 aromatic heterocycles. The highest BCUT2D eigenvalue weighted by Crippen LogP contribution is 1.93. The lowest BCUT2D eigenvalue weighted by atomic mass is 10.2. The SMILES string of the molecule is CC(C)CNC(=S)NCCc1ccccn1. The fourth-order valence-electron chi connectivity index (χ4n) is 1.21. The van der Waals surface area contributed by atoms with Crippen molar-refractivity contribution in [2.45, 2.75) is 20.3 Å². The molecule has 2 N–H and O–H groups in total.